The number of carbonyl (C=O) groups is 3. The number of hydrogen-bond acceptors (Lipinski definition) is 9. The molecule has 1 aromatic heterocycles. The molecule has 1 amide bonds. The molecule has 0 atom stereocenters. The van der Waals surface area contributed by atoms with Crippen molar-refractivity contribution in [2.75, 3.05) is 15.9 Å². The molecule has 2 aromatic carbocycles. The van der Waals surface area contributed by atoms with Crippen molar-refractivity contribution < 1.29 is 19.6 Å². The fourth-order valence-corrected chi connectivity index (χ4v) is 4.67. The number of anilines is 4. The second-order valence-electron chi connectivity index (χ2n) is 8.95. The Bertz CT molecular complexity index is 1260. The van der Waals surface area contributed by atoms with Gasteiger partial charge in [-0.1, -0.05) is 69.4 Å². The zero-order valence-electron chi connectivity index (χ0n) is 20.8. The molecule has 3 rings (SSSR count). The minimum atomic E-state index is -0.844. The second kappa shape index (κ2) is 11.4. The molecule has 0 fully saturated rings. The van der Waals surface area contributed by atoms with Gasteiger partial charge in [-0.2, -0.15) is 0 Å². The van der Waals surface area contributed by atoms with Gasteiger partial charge in [0.15, 0.2) is 10.9 Å². The predicted molar refractivity (Wildman–Crippen MR) is 141 cm³/mol. The Morgan fingerprint density at radius 2 is 1.64 bits per heavy atom. The Kier molecular flexibility index (Phi) is 8.57. The number of aryl methyl sites for hydroxylation is 1. The third-order valence-electron chi connectivity index (χ3n) is 5.59. The summed E-state index contributed by atoms with van der Waals surface area (Å²) >= 11 is 0.995. The van der Waals surface area contributed by atoms with E-state index in [1.54, 1.807) is 25.1 Å². The van der Waals surface area contributed by atoms with E-state index in [0.717, 1.165) is 22.5 Å². The number of hydrogen-bond donors (Lipinski definition) is 3. The molecule has 0 spiro atoms. The lowest BCUT2D eigenvalue weighted by atomic mass is 9.92. The Labute approximate surface area is 213 Å². The summed E-state index contributed by atoms with van der Waals surface area (Å²) in [6.45, 7) is 9.64. The molecular weight excluding hydrogens is 480 g/mol. The number of Topliss-reactive ketones (excluding diaryl/α,β-unsaturated/α-hetero) is 2. The molecule has 10 heteroatoms. The topological polar surface area (TPSA) is 135 Å². The lowest BCUT2D eigenvalue weighted by Crippen LogP contribution is -2.26. The minimum absolute atomic E-state index is 0.0208. The van der Waals surface area contributed by atoms with Crippen LogP contribution in [0.2, 0.25) is 0 Å². The molecule has 9 nitrogen and oxygen atoms in total. The van der Waals surface area contributed by atoms with Crippen LogP contribution in [0.25, 0.3) is 0 Å². The van der Waals surface area contributed by atoms with Crippen LogP contribution < -0.4 is 15.9 Å². The third kappa shape index (κ3) is 6.14. The molecule has 0 saturated heterocycles. The molecule has 1 heterocycles. The number of thiazole rings is 1. The van der Waals surface area contributed by atoms with Gasteiger partial charge in [0.1, 0.15) is 0 Å². The normalized spacial score (nSPS) is 11.0. The van der Waals surface area contributed by atoms with Crippen LogP contribution in [0, 0.1) is 12.1 Å². The summed E-state index contributed by atoms with van der Waals surface area (Å²) in [4.78, 5) is 42.8. The highest BCUT2D eigenvalue weighted by atomic mass is 32.1. The van der Waals surface area contributed by atoms with Gasteiger partial charge in [0.05, 0.1) is 28.4 Å². The van der Waals surface area contributed by atoms with E-state index >= 15 is 0 Å². The Hall–Kier alpha value is -3.60. The first-order valence-corrected chi connectivity index (χ1v) is 12.3. The van der Waals surface area contributed by atoms with Crippen molar-refractivity contribution in [2.24, 2.45) is 0 Å². The number of nitrogens with one attached hydrogen (secondary N) is 2. The van der Waals surface area contributed by atoms with Crippen LogP contribution in [0.15, 0.2) is 42.5 Å². The monoisotopic (exact) mass is 509 g/mol. The smallest absolute Gasteiger partial charge is 0.292 e. The van der Waals surface area contributed by atoms with Crippen molar-refractivity contribution in [3.63, 3.8) is 0 Å². The van der Waals surface area contributed by atoms with E-state index in [9.17, 15) is 24.8 Å². The molecule has 190 valence electrons. The van der Waals surface area contributed by atoms with E-state index in [4.69, 9.17) is 0 Å². The highest BCUT2D eigenvalue weighted by molar-refractivity contribution is 7.17. The van der Waals surface area contributed by atoms with Crippen molar-refractivity contribution in [2.45, 2.75) is 52.9 Å². The summed E-state index contributed by atoms with van der Waals surface area (Å²) in [5.41, 5.74) is 3.11. The van der Waals surface area contributed by atoms with Gasteiger partial charge in [-0.05, 0) is 42.0 Å². The van der Waals surface area contributed by atoms with E-state index in [2.05, 4.69) is 15.6 Å². The maximum atomic E-state index is 12.9. The first-order chi connectivity index (χ1) is 17.0. The number of aromatic nitrogens is 1. The molecule has 0 aliphatic heterocycles. The van der Waals surface area contributed by atoms with E-state index in [1.807, 2.05) is 45.9 Å². The molecular formula is C26H29N4O5S-. The molecule has 0 unspecified atom stereocenters. The molecule has 0 aliphatic carbocycles. The SMILES string of the molecule is Cc1nc(Nc2ccccc2N([O-])O)sc1C(=O)CC(=O)C(=O)Nc1c(C(C)C)cccc1C(C)C. The lowest BCUT2D eigenvalue weighted by molar-refractivity contribution is -0.134. The Morgan fingerprint density at radius 1 is 1.03 bits per heavy atom. The number of carbonyl (C=O) groups excluding carboxylic acids is 3. The van der Waals surface area contributed by atoms with Crippen LogP contribution in [-0.4, -0.2) is 27.7 Å². The summed E-state index contributed by atoms with van der Waals surface area (Å²) in [6, 6.07) is 12.0. The average molecular weight is 510 g/mol. The number of rotatable bonds is 10. The lowest BCUT2D eigenvalue weighted by Gasteiger charge is -2.24. The molecule has 3 N–H and O–H groups in total. The van der Waals surface area contributed by atoms with Crippen molar-refractivity contribution in [3.05, 3.63) is 69.4 Å². The van der Waals surface area contributed by atoms with E-state index < -0.39 is 23.9 Å². The number of para-hydroxylation sites is 3. The first-order valence-electron chi connectivity index (χ1n) is 11.5. The zero-order valence-corrected chi connectivity index (χ0v) is 21.6. The summed E-state index contributed by atoms with van der Waals surface area (Å²) in [6.07, 6.45) is -0.600. The fraction of sp³-hybridized carbons (Fsp3) is 0.308. The molecule has 3 aromatic rings. The summed E-state index contributed by atoms with van der Waals surface area (Å²) < 4.78 is 0. The molecule has 0 aliphatic rings. The van der Waals surface area contributed by atoms with Gasteiger partial charge in [0, 0.05) is 5.69 Å². The van der Waals surface area contributed by atoms with E-state index in [0.29, 0.717) is 22.2 Å². The Morgan fingerprint density at radius 3 is 2.22 bits per heavy atom. The van der Waals surface area contributed by atoms with Crippen LogP contribution in [0.1, 0.15) is 72.4 Å². The zero-order chi connectivity index (χ0) is 26.6. The van der Waals surface area contributed by atoms with Gasteiger partial charge in [-0.25, -0.2) is 4.98 Å². The number of nitrogens with zero attached hydrogens (tertiary/aromatic N) is 2. The van der Waals surface area contributed by atoms with Crippen molar-refractivity contribution in [1.82, 2.24) is 4.98 Å². The third-order valence-corrected chi connectivity index (χ3v) is 6.70. The molecule has 0 bridgehead atoms. The van der Waals surface area contributed by atoms with Crippen LogP contribution in [-0.2, 0) is 9.59 Å². The van der Waals surface area contributed by atoms with Crippen LogP contribution in [0.5, 0.6) is 0 Å². The van der Waals surface area contributed by atoms with Gasteiger partial charge in [-0.3, -0.25) is 19.6 Å². The molecule has 0 radical (unpaired) electrons. The largest absolute Gasteiger partial charge is 0.733 e. The second-order valence-corrected chi connectivity index (χ2v) is 9.95. The van der Waals surface area contributed by atoms with Gasteiger partial charge >= 0.3 is 0 Å². The van der Waals surface area contributed by atoms with Crippen molar-refractivity contribution in [3.8, 4) is 0 Å². The highest BCUT2D eigenvalue weighted by Crippen LogP contribution is 2.33. The quantitative estimate of drug-likeness (QED) is 0.133. The number of amides is 1. The molecule has 0 saturated carbocycles. The van der Waals surface area contributed by atoms with Crippen molar-refractivity contribution in [1.29, 1.82) is 0 Å². The predicted octanol–water partition coefficient (Wildman–Crippen LogP) is 5.92. The highest BCUT2D eigenvalue weighted by Gasteiger charge is 2.25. The first kappa shape index (κ1) is 27.0. The van der Waals surface area contributed by atoms with E-state index in [1.165, 1.54) is 6.07 Å². The van der Waals surface area contributed by atoms with E-state index in [-0.39, 0.29) is 27.6 Å². The maximum Gasteiger partial charge on any atom is 0.292 e. The summed E-state index contributed by atoms with van der Waals surface area (Å²) in [7, 11) is 0. The average Bonchev–Trinajstić information content (AvgIpc) is 3.18. The fourth-order valence-electron chi connectivity index (χ4n) is 3.75. The standard InChI is InChI=1S/C26H29N4O5S/c1-14(2)17-9-8-10-18(15(3)4)23(17)29-25(33)22(32)13-21(31)24-16(5)27-26(36-24)28-19-11-6-7-12-20(19)30(34)35/h6-12,14-15,34H,13H2,1-5H3,(H,27,28)(H,29,33)/q-1. The van der Waals surface area contributed by atoms with Gasteiger partial charge in [-0.15, -0.1) is 0 Å². The van der Waals surface area contributed by atoms with Crippen LogP contribution in [0.3, 0.4) is 0 Å². The summed E-state index contributed by atoms with van der Waals surface area (Å²) in [5.74, 6) is -1.95. The number of ketones is 2. The molecule has 36 heavy (non-hydrogen) atoms. The van der Waals surface area contributed by atoms with Gasteiger partial charge < -0.3 is 21.1 Å². The summed E-state index contributed by atoms with van der Waals surface area (Å²) in [5, 5.41) is 26.3. The Balaban J connectivity index is 1.74. The van der Waals surface area contributed by atoms with Crippen LogP contribution in [0.4, 0.5) is 22.2 Å². The minimum Gasteiger partial charge on any atom is -0.733 e. The maximum absolute atomic E-state index is 12.9. The van der Waals surface area contributed by atoms with Gasteiger partial charge in [0.25, 0.3) is 5.91 Å². The van der Waals surface area contributed by atoms with Crippen LogP contribution >= 0.6 is 11.3 Å². The number of benzene rings is 2. The van der Waals surface area contributed by atoms with Gasteiger partial charge in [0.2, 0.25) is 5.78 Å². The van der Waals surface area contributed by atoms with Crippen molar-refractivity contribution >= 4 is 51.0 Å².